The molecule has 330 valence electrons. The van der Waals surface area contributed by atoms with Gasteiger partial charge in [0, 0.05) is 55.0 Å². The monoisotopic (exact) mass is 868 g/mol. The van der Waals surface area contributed by atoms with Crippen molar-refractivity contribution in [2.75, 3.05) is 31.1 Å². The van der Waals surface area contributed by atoms with Gasteiger partial charge in [0.15, 0.2) is 28.9 Å². The number of benzene rings is 2. The number of hydrogen-bond donors (Lipinski definition) is 1. The minimum atomic E-state index is -5.30. The van der Waals surface area contributed by atoms with Crippen molar-refractivity contribution in [3.8, 4) is 28.8 Å². The van der Waals surface area contributed by atoms with Gasteiger partial charge >= 0.3 is 18.2 Å². The predicted molar refractivity (Wildman–Crippen MR) is 214 cm³/mol. The average molecular weight is 869 g/mol. The van der Waals surface area contributed by atoms with E-state index < -0.39 is 58.1 Å². The summed E-state index contributed by atoms with van der Waals surface area (Å²) in [6, 6.07) is 3.81. The number of fused-ring (bicyclic) bond motifs is 7. The second-order valence-corrected chi connectivity index (χ2v) is 17.5. The first-order valence-corrected chi connectivity index (χ1v) is 21.6. The summed E-state index contributed by atoms with van der Waals surface area (Å²) in [4.78, 5) is 33.3. The molecule has 8 heterocycles. The molecule has 0 saturated carbocycles. The van der Waals surface area contributed by atoms with Gasteiger partial charge in [0.2, 0.25) is 0 Å². The van der Waals surface area contributed by atoms with Gasteiger partial charge < -0.3 is 28.3 Å². The van der Waals surface area contributed by atoms with Crippen LogP contribution in [0.3, 0.4) is 0 Å². The molecule has 2 aromatic carbocycles. The minimum absolute atomic E-state index is 0.00280. The molecule has 0 aliphatic carbocycles. The lowest BCUT2D eigenvalue weighted by Crippen LogP contribution is -2.60. The van der Waals surface area contributed by atoms with Crippen LogP contribution < -0.4 is 20.2 Å². The van der Waals surface area contributed by atoms with Gasteiger partial charge in [0.1, 0.15) is 35.6 Å². The zero-order valence-electron chi connectivity index (χ0n) is 34.1. The molecular weight excluding hydrogens is 823 g/mol. The van der Waals surface area contributed by atoms with Gasteiger partial charge in [-0.15, -0.1) is 13.2 Å². The first kappa shape index (κ1) is 40.9. The standard InChI is InChI=1S/C44H46F6N6O6/c1-2-3-4-9-32-33(61-42(58)60-32)21-55-25-11-13-31(55)30-8-5-7-29-35-38(52-41(53-40(35)56(30)20-25)59-22-43-14-6-15-54(43)19-24(45)18-43)36(47)37(51-29)27-17-26(57)16-23-10-12-28(46)39(34(23)27)62-44(48,49)50/h10,12,16-17,24-25,30-31,57H,2-9,11,13-15,18-22H2,1H3/t24-,25-,30-,31+,43+/m1/s1. The van der Waals surface area contributed by atoms with E-state index in [2.05, 4.69) is 31.3 Å². The van der Waals surface area contributed by atoms with E-state index >= 15 is 8.78 Å². The Bertz CT molecular complexity index is 2600. The van der Waals surface area contributed by atoms with Crippen LogP contribution in [0.5, 0.6) is 17.5 Å². The Morgan fingerprint density at radius 1 is 0.984 bits per heavy atom. The second kappa shape index (κ2) is 15.6. The molecule has 0 unspecified atom stereocenters. The molecule has 0 spiro atoms. The summed E-state index contributed by atoms with van der Waals surface area (Å²) in [5.41, 5.74) is -1.22. The Labute approximate surface area is 351 Å². The van der Waals surface area contributed by atoms with Crippen LogP contribution in [0.25, 0.3) is 32.9 Å². The van der Waals surface area contributed by atoms with Crippen LogP contribution in [0.4, 0.5) is 32.2 Å². The summed E-state index contributed by atoms with van der Waals surface area (Å²) in [6.07, 6.45) is 2.20. The van der Waals surface area contributed by atoms with Gasteiger partial charge in [-0.25, -0.2) is 22.9 Å². The third kappa shape index (κ3) is 7.19. The Kier molecular flexibility index (Phi) is 10.3. The molecule has 10 rings (SSSR count). The SMILES string of the molecule is CCCCCc1oc(=O)oc1CN1[C@@H]2CC[C@H]1[C@H]1CCCc3nc(-c4cc(O)cc5ccc(F)c(OC(F)(F)F)c45)c(F)c4nc(OC[C@@]56CCCN5C[C@H](F)C6)nc(c34)N1C2. The van der Waals surface area contributed by atoms with Gasteiger partial charge in [0.05, 0.1) is 23.2 Å². The molecule has 4 fully saturated rings. The maximum absolute atomic E-state index is 17.6. The number of unbranched alkanes of at least 4 members (excludes halogenated alkanes) is 2. The molecule has 4 saturated heterocycles. The maximum Gasteiger partial charge on any atom is 0.573 e. The topological polar surface area (TPSA) is 130 Å². The highest BCUT2D eigenvalue weighted by atomic mass is 19.4. The number of alkyl halides is 4. The van der Waals surface area contributed by atoms with Gasteiger partial charge in [-0.1, -0.05) is 25.8 Å². The van der Waals surface area contributed by atoms with E-state index in [0.29, 0.717) is 73.6 Å². The lowest BCUT2D eigenvalue weighted by atomic mass is 9.92. The number of phenols is 1. The molecular formula is C44H46F6N6O6. The van der Waals surface area contributed by atoms with E-state index in [1.807, 2.05) is 0 Å². The van der Waals surface area contributed by atoms with Crippen molar-refractivity contribution < 1.29 is 49.8 Å². The molecule has 0 amide bonds. The summed E-state index contributed by atoms with van der Waals surface area (Å²) in [5, 5.41) is 10.6. The molecule has 5 aromatic rings. The van der Waals surface area contributed by atoms with Crippen LogP contribution in [0.1, 0.15) is 88.3 Å². The van der Waals surface area contributed by atoms with E-state index in [1.165, 1.54) is 6.07 Å². The third-order valence-corrected chi connectivity index (χ3v) is 13.7. The van der Waals surface area contributed by atoms with E-state index in [1.54, 1.807) is 0 Å². The summed E-state index contributed by atoms with van der Waals surface area (Å²) in [7, 11) is 0. The number of halogens is 6. The molecule has 5 atom stereocenters. The molecule has 12 nitrogen and oxygen atoms in total. The Morgan fingerprint density at radius 2 is 1.82 bits per heavy atom. The van der Waals surface area contributed by atoms with Gasteiger partial charge in [-0.2, -0.15) is 9.97 Å². The highest BCUT2D eigenvalue weighted by molar-refractivity contribution is 6.04. The summed E-state index contributed by atoms with van der Waals surface area (Å²) >= 11 is 0. The number of ether oxygens (including phenoxy) is 2. The number of phenolic OH excluding ortho intramolecular Hbond substituents is 1. The van der Waals surface area contributed by atoms with E-state index in [9.17, 15) is 27.5 Å². The molecule has 62 heavy (non-hydrogen) atoms. The molecule has 0 radical (unpaired) electrons. The number of rotatable bonds is 11. The fourth-order valence-corrected chi connectivity index (χ4v) is 11.1. The highest BCUT2D eigenvalue weighted by Gasteiger charge is 2.51. The lowest BCUT2D eigenvalue weighted by molar-refractivity contribution is -0.275. The fraction of sp³-hybridized carbons (Fsp3) is 0.545. The molecule has 2 bridgehead atoms. The van der Waals surface area contributed by atoms with Gasteiger partial charge in [-0.3, -0.25) is 9.80 Å². The van der Waals surface area contributed by atoms with Crippen LogP contribution in [0.2, 0.25) is 0 Å². The van der Waals surface area contributed by atoms with E-state index in [-0.39, 0.29) is 60.2 Å². The number of piperazine rings is 1. The Hall–Kier alpha value is -5.10. The molecule has 3 aromatic heterocycles. The normalized spacial score (nSPS) is 25.0. The number of hydrogen-bond acceptors (Lipinski definition) is 12. The molecule has 5 aliphatic rings. The highest BCUT2D eigenvalue weighted by Crippen LogP contribution is 2.47. The zero-order valence-corrected chi connectivity index (χ0v) is 34.1. The third-order valence-electron chi connectivity index (χ3n) is 13.7. The quantitative estimate of drug-likeness (QED) is 0.101. The van der Waals surface area contributed by atoms with Crippen molar-refractivity contribution in [3.63, 3.8) is 0 Å². The number of anilines is 1. The van der Waals surface area contributed by atoms with Crippen LogP contribution in [-0.4, -0.2) is 92.3 Å². The van der Waals surface area contributed by atoms with E-state index in [4.69, 9.17) is 23.5 Å². The van der Waals surface area contributed by atoms with Crippen molar-refractivity contribution in [2.45, 2.75) is 127 Å². The van der Waals surface area contributed by atoms with Crippen molar-refractivity contribution in [3.05, 3.63) is 63.7 Å². The number of pyridine rings is 1. The van der Waals surface area contributed by atoms with Crippen molar-refractivity contribution >= 4 is 27.5 Å². The summed E-state index contributed by atoms with van der Waals surface area (Å²) in [5.74, 6) is -3.24. The van der Waals surface area contributed by atoms with Gasteiger partial charge in [0.25, 0.3) is 0 Å². The van der Waals surface area contributed by atoms with E-state index in [0.717, 1.165) is 63.3 Å². The van der Waals surface area contributed by atoms with Crippen molar-refractivity contribution in [2.24, 2.45) is 0 Å². The zero-order chi connectivity index (χ0) is 43.1. The second-order valence-electron chi connectivity index (χ2n) is 17.5. The Balaban J connectivity index is 1.10. The largest absolute Gasteiger partial charge is 0.573 e. The number of aryl methyl sites for hydroxylation is 2. The fourth-order valence-electron chi connectivity index (χ4n) is 11.1. The smallest absolute Gasteiger partial charge is 0.508 e. The average Bonchev–Trinajstić information content (AvgIpc) is 3.94. The first-order chi connectivity index (χ1) is 29.8. The maximum atomic E-state index is 17.6. The van der Waals surface area contributed by atoms with Crippen LogP contribution in [-0.2, 0) is 19.4 Å². The molecule has 1 N–H and O–H groups in total. The van der Waals surface area contributed by atoms with Crippen molar-refractivity contribution in [1.29, 1.82) is 0 Å². The Morgan fingerprint density at radius 3 is 2.65 bits per heavy atom. The predicted octanol–water partition coefficient (Wildman–Crippen LogP) is 8.52. The van der Waals surface area contributed by atoms with Crippen LogP contribution in [0, 0.1) is 11.6 Å². The van der Waals surface area contributed by atoms with Crippen molar-refractivity contribution in [1.82, 2.24) is 24.8 Å². The van der Waals surface area contributed by atoms with Crippen LogP contribution in [0.15, 0.2) is 37.9 Å². The molecule has 18 heteroatoms. The van der Waals surface area contributed by atoms with Crippen LogP contribution >= 0.6 is 0 Å². The van der Waals surface area contributed by atoms with Gasteiger partial charge in [-0.05, 0) is 81.5 Å². The number of aromatic nitrogens is 3. The first-order valence-electron chi connectivity index (χ1n) is 21.6. The number of nitrogens with zero attached hydrogens (tertiary/aromatic N) is 6. The molecule has 5 aliphatic heterocycles. The minimum Gasteiger partial charge on any atom is -0.508 e. The lowest BCUT2D eigenvalue weighted by Gasteiger charge is -2.48. The summed E-state index contributed by atoms with van der Waals surface area (Å²) in [6.45, 7) is 4.03. The number of aromatic hydroxyl groups is 1. The summed E-state index contributed by atoms with van der Waals surface area (Å²) < 4.78 is 110.